The van der Waals surface area contributed by atoms with E-state index >= 15 is 0 Å². The number of hydrogen-bond acceptors (Lipinski definition) is 3. The number of rotatable bonds is 3. The molecule has 4 aromatic rings. The number of aryl methyl sites for hydroxylation is 2. The minimum atomic E-state index is 0.633. The Kier molecular flexibility index (Phi) is 3.19. The smallest absolute Gasteiger partial charge is 0.137 e. The lowest BCUT2D eigenvalue weighted by Crippen LogP contribution is -2.05. The monoisotopic (exact) mass is 303 g/mol. The van der Waals surface area contributed by atoms with E-state index in [0.717, 1.165) is 22.6 Å². The summed E-state index contributed by atoms with van der Waals surface area (Å²) < 4.78 is 3.97. The predicted molar refractivity (Wildman–Crippen MR) is 89.2 cm³/mol. The highest BCUT2D eigenvalue weighted by molar-refractivity contribution is 5.67. The van der Waals surface area contributed by atoms with Crippen molar-refractivity contribution in [3.05, 3.63) is 72.1 Å². The highest BCUT2D eigenvalue weighted by Gasteiger charge is 2.15. The van der Waals surface area contributed by atoms with Gasteiger partial charge < -0.3 is 4.40 Å². The van der Waals surface area contributed by atoms with E-state index in [1.54, 1.807) is 12.7 Å². The van der Waals surface area contributed by atoms with Crippen LogP contribution in [0.2, 0.25) is 0 Å². The first-order valence-electron chi connectivity index (χ1n) is 7.58. The van der Waals surface area contributed by atoms with E-state index in [9.17, 15) is 0 Å². The lowest BCUT2D eigenvalue weighted by Gasteiger charge is -2.06. The molecule has 0 spiro atoms. The molecule has 114 valence electrons. The Morgan fingerprint density at radius 3 is 2.48 bits per heavy atom. The Hall–Kier alpha value is -2.95. The number of aromatic nitrogens is 5. The van der Waals surface area contributed by atoms with Crippen molar-refractivity contribution < 1.29 is 0 Å². The predicted octanol–water partition coefficient (Wildman–Crippen LogP) is 3.26. The molecular weight excluding hydrogens is 286 g/mol. The summed E-state index contributed by atoms with van der Waals surface area (Å²) in [6, 6.07) is 12.6. The van der Waals surface area contributed by atoms with Gasteiger partial charge in [-0.25, -0.2) is 14.6 Å². The third-order valence-electron chi connectivity index (χ3n) is 3.97. The zero-order chi connectivity index (χ0) is 15.8. The lowest BCUT2D eigenvalue weighted by atomic mass is 10.1. The quantitative estimate of drug-likeness (QED) is 0.583. The van der Waals surface area contributed by atoms with Gasteiger partial charge in [0, 0.05) is 11.8 Å². The van der Waals surface area contributed by atoms with Crippen LogP contribution in [0.15, 0.2) is 55.2 Å². The molecule has 0 unspecified atom stereocenters. The number of hydrogen-bond donors (Lipinski definition) is 0. The zero-order valence-corrected chi connectivity index (χ0v) is 13.1. The lowest BCUT2D eigenvalue weighted by molar-refractivity contribution is 0.667. The summed E-state index contributed by atoms with van der Waals surface area (Å²) in [6.45, 7) is 4.81. The fraction of sp³-hybridized carbons (Fsp3) is 0.167. The summed E-state index contributed by atoms with van der Waals surface area (Å²) in [7, 11) is 0. The third-order valence-corrected chi connectivity index (χ3v) is 3.97. The van der Waals surface area contributed by atoms with Crippen LogP contribution in [0.4, 0.5) is 0 Å². The minimum absolute atomic E-state index is 0.633. The maximum Gasteiger partial charge on any atom is 0.137 e. The Bertz CT molecular complexity index is 949. The van der Waals surface area contributed by atoms with E-state index in [4.69, 9.17) is 4.98 Å². The van der Waals surface area contributed by atoms with E-state index in [0.29, 0.717) is 6.54 Å². The Labute approximate surface area is 134 Å². The number of nitrogens with zero attached hydrogens (tertiary/aromatic N) is 5. The first-order chi connectivity index (χ1) is 11.2. The van der Waals surface area contributed by atoms with Crippen molar-refractivity contribution in [2.45, 2.75) is 20.4 Å². The number of pyridine rings is 1. The summed E-state index contributed by atoms with van der Waals surface area (Å²) in [5.74, 6) is 0. The fourth-order valence-electron chi connectivity index (χ4n) is 2.76. The Morgan fingerprint density at radius 2 is 1.74 bits per heavy atom. The van der Waals surface area contributed by atoms with Crippen LogP contribution in [0.5, 0.6) is 0 Å². The number of benzene rings is 1. The van der Waals surface area contributed by atoms with E-state index in [1.165, 1.54) is 11.1 Å². The highest BCUT2D eigenvalue weighted by atomic mass is 15.3. The first-order valence-corrected chi connectivity index (χ1v) is 7.58. The molecule has 0 aliphatic rings. The van der Waals surface area contributed by atoms with Crippen LogP contribution in [0.3, 0.4) is 0 Å². The Morgan fingerprint density at radius 1 is 0.957 bits per heavy atom. The van der Waals surface area contributed by atoms with Crippen molar-refractivity contribution in [3.8, 4) is 11.3 Å². The standard InChI is InChI=1S/C18H17N5/c1-13-3-6-15(7-4-13)18-16(10-22-12-19-11-20-22)23-9-14(2)5-8-17(23)21-18/h3-9,11-12H,10H2,1-2H3. The van der Waals surface area contributed by atoms with Crippen LogP contribution >= 0.6 is 0 Å². The van der Waals surface area contributed by atoms with Crippen LogP contribution in [0.1, 0.15) is 16.8 Å². The van der Waals surface area contributed by atoms with Crippen molar-refractivity contribution in [3.63, 3.8) is 0 Å². The van der Waals surface area contributed by atoms with E-state index in [1.807, 2.05) is 4.68 Å². The normalized spacial score (nSPS) is 11.2. The van der Waals surface area contributed by atoms with Gasteiger partial charge in [0.15, 0.2) is 0 Å². The minimum Gasteiger partial charge on any atom is -0.301 e. The van der Waals surface area contributed by atoms with Crippen molar-refractivity contribution in [1.29, 1.82) is 0 Å². The zero-order valence-electron chi connectivity index (χ0n) is 13.1. The summed E-state index contributed by atoms with van der Waals surface area (Å²) in [6.07, 6.45) is 5.40. The highest BCUT2D eigenvalue weighted by Crippen LogP contribution is 2.26. The molecule has 5 nitrogen and oxygen atoms in total. The molecule has 0 fully saturated rings. The van der Waals surface area contributed by atoms with Crippen LogP contribution in [-0.4, -0.2) is 24.1 Å². The van der Waals surface area contributed by atoms with Gasteiger partial charge in [0.25, 0.3) is 0 Å². The van der Waals surface area contributed by atoms with Crippen LogP contribution in [0, 0.1) is 13.8 Å². The number of imidazole rings is 1. The molecule has 0 aliphatic carbocycles. The van der Waals surface area contributed by atoms with Crippen molar-refractivity contribution in [1.82, 2.24) is 24.1 Å². The maximum absolute atomic E-state index is 4.84. The number of fused-ring (bicyclic) bond motifs is 1. The largest absolute Gasteiger partial charge is 0.301 e. The molecule has 5 heteroatoms. The van der Waals surface area contributed by atoms with Crippen molar-refractivity contribution >= 4 is 5.65 Å². The molecule has 0 saturated carbocycles. The maximum atomic E-state index is 4.84. The van der Waals surface area contributed by atoms with Crippen LogP contribution in [0.25, 0.3) is 16.9 Å². The van der Waals surface area contributed by atoms with Gasteiger partial charge >= 0.3 is 0 Å². The summed E-state index contributed by atoms with van der Waals surface area (Å²) in [4.78, 5) is 8.87. The molecule has 0 N–H and O–H groups in total. The van der Waals surface area contributed by atoms with Gasteiger partial charge in [0.1, 0.15) is 18.3 Å². The molecule has 0 bridgehead atoms. The van der Waals surface area contributed by atoms with E-state index in [-0.39, 0.29) is 0 Å². The van der Waals surface area contributed by atoms with Gasteiger partial charge in [-0.2, -0.15) is 5.10 Å². The van der Waals surface area contributed by atoms with Gasteiger partial charge in [0.05, 0.1) is 17.9 Å². The fourth-order valence-corrected chi connectivity index (χ4v) is 2.76. The summed E-state index contributed by atoms with van der Waals surface area (Å²) in [5.41, 5.74) is 6.61. The van der Waals surface area contributed by atoms with Crippen molar-refractivity contribution in [2.75, 3.05) is 0 Å². The average Bonchev–Trinajstić information content (AvgIpc) is 3.17. The molecule has 23 heavy (non-hydrogen) atoms. The van der Waals surface area contributed by atoms with Gasteiger partial charge in [-0.1, -0.05) is 35.9 Å². The van der Waals surface area contributed by atoms with Gasteiger partial charge in [-0.05, 0) is 25.5 Å². The van der Waals surface area contributed by atoms with Crippen molar-refractivity contribution in [2.24, 2.45) is 0 Å². The molecule has 0 aliphatic heterocycles. The second-order valence-corrected chi connectivity index (χ2v) is 5.80. The average molecular weight is 303 g/mol. The molecular formula is C18H17N5. The molecule has 3 heterocycles. The first kappa shape index (κ1) is 13.7. The molecule has 0 saturated heterocycles. The molecule has 1 aromatic carbocycles. The summed E-state index contributed by atoms with van der Waals surface area (Å²) >= 11 is 0. The van der Waals surface area contributed by atoms with Crippen LogP contribution < -0.4 is 0 Å². The van der Waals surface area contributed by atoms with Gasteiger partial charge in [-0.15, -0.1) is 0 Å². The Balaban J connectivity index is 1.93. The topological polar surface area (TPSA) is 48.0 Å². The summed E-state index contributed by atoms with van der Waals surface area (Å²) in [5, 5.41) is 4.23. The second-order valence-electron chi connectivity index (χ2n) is 5.80. The van der Waals surface area contributed by atoms with E-state index < -0.39 is 0 Å². The molecule has 0 atom stereocenters. The van der Waals surface area contributed by atoms with Crippen LogP contribution in [-0.2, 0) is 6.54 Å². The van der Waals surface area contributed by atoms with Gasteiger partial charge in [0.2, 0.25) is 0 Å². The molecule has 3 aromatic heterocycles. The third kappa shape index (κ3) is 2.50. The van der Waals surface area contributed by atoms with E-state index in [2.05, 4.69) is 70.9 Å². The molecule has 0 radical (unpaired) electrons. The second kappa shape index (κ2) is 5.35. The molecule has 0 amide bonds. The van der Waals surface area contributed by atoms with Gasteiger partial charge in [-0.3, -0.25) is 0 Å². The molecule has 4 rings (SSSR count). The SMILES string of the molecule is Cc1ccc(-c2nc3ccc(C)cn3c2Cn2cncn2)cc1.